The molecule has 3 heteroatoms. The second kappa shape index (κ2) is 5.58. The third-order valence-corrected chi connectivity index (χ3v) is 2.79. The van der Waals surface area contributed by atoms with Crippen molar-refractivity contribution in [3.05, 3.63) is 0 Å². The first-order valence-electron chi connectivity index (χ1n) is 5.28. The maximum absolute atomic E-state index is 5.53. The van der Waals surface area contributed by atoms with Gasteiger partial charge in [0.2, 0.25) is 0 Å². The normalized spacial score (nSPS) is 28.6. The van der Waals surface area contributed by atoms with Crippen molar-refractivity contribution in [2.75, 3.05) is 33.3 Å². The highest BCUT2D eigenvalue weighted by Crippen LogP contribution is 2.17. The lowest BCUT2D eigenvalue weighted by molar-refractivity contribution is 0.0841. The van der Waals surface area contributed by atoms with Gasteiger partial charge in [-0.25, -0.2) is 0 Å². The molecule has 1 aliphatic rings. The predicted octanol–water partition coefficient (Wildman–Crippen LogP) is 0.705. The summed E-state index contributed by atoms with van der Waals surface area (Å²) in [4.78, 5) is 2.40. The number of likely N-dealkylation sites (N-methyl/N-ethyl adjacent to an activating group) is 2. The Hall–Kier alpha value is -0.120. The highest BCUT2D eigenvalue weighted by atomic mass is 16.5. The van der Waals surface area contributed by atoms with Crippen LogP contribution >= 0.6 is 0 Å². The van der Waals surface area contributed by atoms with E-state index in [2.05, 4.69) is 31.1 Å². The maximum atomic E-state index is 5.53. The zero-order valence-corrected chi connectivity index (χ0v) is 9.05. The van der Waals surface area contributed by atoms with Crippen LogP contribution in [0.3, 0.4) is 0 Å². The largest absolute Gasteiger partial charge is 0.377 e. The van der Waals surface area contributed by atoms with Gasteiger partial charge < -0.3 is 10.1 Å². The van der Waals surface area contributed by atoms with E-state index >= 15 is 0 Å². The molecule has 13 heavy (non-hydrogen) atoms. The molecule has 0 aromatic heterocycles. The summed E-state index contributed by atoms with van der Waals surface area (Å²) in [7, 11) is 2.19. The lowest BCUT2D eigenvalue weighted by Crippen LogP contribution is -2.40. The standard InChI is InChI=1S/C10H22N2O/c1-4-11-6-7-12(3)10-5-8-13-9(10)2/h9-11H,4-8H2,1-3H3. The van der Waals surface area contributed by atoms with Gasteiger partial charge in [-0.3, -0.25) is 4.90 Å². The Morgan fingerprint density at radius 1 is 1.54 bits per heavy atom. The highest BCUT2D eigenvalue weighted by molar-refractivity contribution is 4.80. The molecule has 0 aromatic rings. The maximum Gasteiger partial charge on any atom is 0.0702 e. The fourth-order valence-corrected chi connectivity index (χ4v) is 1.90. The van der Waals surface area contributed by atoms with Crippen molar-refractivity contribution in [1.29, 1.82) is 0 Å². The van der Waals surface area contributed by atoms with E-state index in [9.17, 15) is 0 Å². The zero-order chi connectivity index (χ0) is 9.68. The summed E-state index contributed by atoms with van der Waals surface area (Å²) in [5.41, 5.74) is 0. The van der Waals surface area contributed by atoms with Crippen molar-refractivity contribution in [2.45, 2.75) is 32.4 Å². The molecular formula is C10H22N2O. The summed E-state index contributed by atoms with van der Waals surface area (Å²) in [5, 5.41) is 3.33. The molecular weight excluding hydrogens is 164 g/mol. The molecule has 0 aromatic carbocycles. The summed E-state index contributed by atoms with van der Waals surface area (Å²) in [5.74, 6) is 0. The Morgan fingerprint density at radius 3 is 2.85 bits per heavy atom. The predicted molar refractivity (Wildman–Crippen MR) is 55.0 cm³/mol. The van der Waals surface area contributed by atoms with Gasteiger partial charge in [-0.05, 0) is 26.9 Å². The van der Waals surface area contributed by atoms with Crippen molar-refractivity contribution in [2.24, 2.45) is 0 Å². The second-order valence-corrected chi connectivity index (χ2v) is 3.77. The van der Waals surface area contributed by atoms with Crippen molar-refractivity contribution in [1.82, 2.24) is 10.2 Å². The molecule has 1 N–H and O–H groups in total. The minimum atomic E-state index is 0.409. The smallest absolute Gasteiger partial charge is 0.0702 e. The zero-order valence-electron chi connectivity index (χ0n) is 9.05. The first kappa shape index (κ1) is 11.0. The van der Waals surface area contributed by atoms with Crippen molar-refractivity contribution in [3.63, 3.8) is 0 Å². The number of rotatable bonds is 5. The fourth-order valence-electron chi connectivity index (χ4n) is 1.90. The molecule has 0 aliphatic carbocycles. The van der Waals surface area contributed by atoms with E-state index < -0.39 is 0 Å². The number of hydrogen-bond donors (Lipinski definition) is 1. The van der Waals surface area contributed by atoms with Gasteiger partial charge in [0.25, 0.3) is 0 Å². The van der Waals surface area contributed by atoms with Crippen LogP contribution in [0.15, 0.2) is 0 Å². The van der Waals surface area contributed by atoms with E-state index in [1.165, 1.54) is 6.42 Å². The van der Waals surface area contributed by atoms with E-state index in [0.29, 0.717) is 12.1 Å². The third-order valence-electron chi connectivity index (χ3n) is 2.79. The lowest BCUT2D eigenvalue weighted by atomic mass is 10.1. The SMILES string of the molecule is CCNCCN(C)C1CCOC1C. The van der Waals surface area contributed by atoms with Crippen LogP contribution in [0.2, 0.25) is 0 Å². The Bertz CT molecular complexity index is 141. The van der Waals surface area contributed by atoms with Gasteiger partial charge in [-0.1, -0.05) is 6.92 Å². The molecule has 1 heterocycles. The molecule has 1 saturated heterocycles. The first-order chi connectivity index (χ1) is 6.25. The van der Waals surface area contributed by atoms with Gasteiger partial charge >= 0.3 is 0 Å². The summed E-state index contributed by atoms with van der Waals surface area (Å²) < 4.78 is 5.53. The average molecular weight is 186 g/mol. The highest BCUT2D eigenvalue weighted by Gasteiger charge is 2.27. The quantitative estimate of drug-likeness (QED) is 0.640. The minimum absolute atomic E-state index is 0.409. The molecule has 2 atom stereocenters. The topological polar surface area (TPSA) is 24.5 Å². The van der Waals surface area contributed by atoms with Crippen LogP contribution in [0.1, 0.15) is 20.3 Å². The van der Waals surface area contributed by atoms with Gasteiger partial charge in [0, 0.05) is 25.7 Å². The summed E-state index contributed by atoms with van der Waals surface area (Å²) in [6.07, 6.45) is 1.59. The molecule has 3 nitrogen and oxygen atoms in total. The third kappa shape index (κ3) is 3.25. The Kier molecular flexibility index (Phi) is 4.70. The van der Waals surface area contributed by atoms with E-state index in [-0.39, 0.29) is 0 Å². The van der Waals surface area contributed by atoms with Crippen LogP contribution in [-0.4, -0.2) is 50.3 Å². The van der Waals surface area contributed by atoms with Gasteiger partial charge in [0.15, 0.2) is 0 Å². The summed E-state index contributed by atoms with van der Waals surface area (Å²) in [6.45, 7) is 8.49. The number of nitrogens with zero attached hydrogens (tertiary/aromatic N) is 1. The van der Waals surface area contributed by atoms with E-state index in [4.69, 9.17) is 4.74 Å². The van der Waals surface area contributed by atoms with E-state index in [1.54, 1.807) is 0 Å². The molecule has 78 valence electrons. The summed E-state index contributed by atoms with van der Waals surface area (Å²) >= 11 is 0. The van der Waals surface area contributed by atoms with Crippen molar-refractivity contribution in [3.8, 4) is 0 Å². The first-order valence-corrected chi connectivity index (χ1v) is 5.28. The average Bonchev–Trinajstić information content (AvgIpc) is 2.52. The Labute approximate surface area is 81.4 Å². The van der Waals surface area contributed by atoms with E-state index in [1.807, 2.05) is 0 Å². The van der Waals surface area contributed by atoms with Crippen LogP contribution in [-0.2, 0) is 4.74 Å². The van der Waals surface area contributed by atoms with Crippen LogP contribution in [0.5, 0.6) is 0 Å². The molecule has 2 unspecified atom stereocenters. The number of ether oxygens (including phenoxy) is 1. The van der Waals surface area contributed by atoms with Crippen molar-refractivity contribution >= 4 is 0 Å². The molecule has 0 saturated carbocycles. The van der Waals surface area contributed by atoms with Gasteiger partial charge in [-0.2, -0.15) is 0 Å². The van der Waals surface area contributed by atoms with Crippen molar-refractivity contribution < 1.29 is 4.74 Å². The van der Waals surface area contributed by atoms with Crippen LogP contribution in [0.25, 0.3) is 0 Å². The van der Waals surface area contributed by atoms with Gasteiger partial charge in [-0.15, -0.1) is 0 Å². The number of hydrogen-bond acceptors (Lipinski definition) is 3. The molecule has 0 spiro atoms. The van der Waals surface area contributed by atoms with Gasteiger partial charge in [0.1, 0.15) is 0 Å². The number of nitrogens with one attached hydrogen (secondary N) is 1. The molecule has 0 radical (unpaired) electrons. The van der Waals surface area contributed by atoms with Gasteiger partial charge in [0.05, 0.1) is 6.10 Å². The molecule has 1 aliphatic heterocycles. The minimum Gasteiger partial charge on any atom is -0.377 e. The lowest BCUT2D eigenvalue weighted by Gasteiger charge is -2.26. The molecule has 1 fully saturated rings. The van der Waals surface area contributed by atoms with Crippen LogP contribution < -0.4 is 5.32 Å². The summed E-state index contributed by atoms with van der Waals surface area (Å²) in [6, 6.07) is 0.624. The molecule has 0 bridgehead atoms. The molecule has 0 amide bonds. The van der Waals surface area contributed by atoms with E-state index in [0.717, 1.165) is 26.2 Å². The fraction of sp³-hybridized carbons (Fsp3) is 1.00. The second-order valence-electron chi connectivity index (χ2n) is 3.77. The Balaban J connectivity index is 2.18. The Morgan fingerprint density at radius 2 is 2.31 bits per heavy atom. The van der Waals surface area contributed by atoms with Crippen LogP contribution in [0.4, 0.5) is 0 Å². The molecule has 1 rings (SSSR count). The van der Waals surface area contributed by atoms with Crippen LogP contribution in [0, 0.1) is 0 Å². The monoisotopic (exact) mass is 186 g/mol.